The molecule has 0 unspecified atom stereocenters. The van der Waals surface area contributed by atoms with Crippen molar-refractivity contribution in [1.29, 1.82) is 0 Å². The van der Waals surface area contributed by atoms with Crippen molar-refractivity contribution in [2.24, 2.45) is 0 Å². The molecule has 1 aliphatic heterocycles. The number of anilines is 1. The highest BCUT2D eigenvalue weighted by Crippen LogP contribution is 2.22. The van der Waals surface area contributed by atoms with Gasteiger partial charge >= 0.3 is 0 Å². The second-order valence-corrected chi connectivity index (χ2v) is 9.08. The van der Waals surface area contributed by atoms with Crippen molar-refractivity contribution in [3.63, 3.8) is 0 Å². The van der Waals surface area contributed by atoms with E-state index in [1.807, 2.05) is 0 Å². The van der Waals surface area contributed by atoms with Crippen LogP contribution in [0.2, 0.25) is 0 Å². The predicted molar refractivity (Wildman–Crippen MR) is 69.5 cm³/mol. The number of sulfonamides is 2. The predicted octanol–water partition coefficient (Wildman–Crippen LogP) is -1.61. The zero-order chi connectivity index (χ0) is 14.3. The fourth-order valence-electron chi connectivity index (χ4n) is 1.68. The van der Waals surface area contributed by atoms with E-state index in [1.165, 1.54) is 8.61 Å². The van der Waals surface area contributed by atoms with Gasteiger partial charge in [-0.15, -0.1) is 10.2 Å². The molecule has 108 valence electrons. The lowest BCUT2D eigenvalue weighted by Crippen LogP contribution is -2.50. The molecule has 1 aliphatic rings. The Morgan fingerprint density at radius 3 is 2.00 bits per heavy atom. The van der Waals surface area contributed by atoms with Crippen molar-refractivity contribution in [3.05, 3.63) is 0 Å². The summed E-state index contributed by atoms with van der Waals surface area (Å²) in [6.45, 7) is 0.447. The Labute approximate surface area is 115 Å². The van der Waals surface area contributed by atoms with E-state index >= 15 is 0 Å². The third-order valence-electron chi connectivity index (χ3n) is 2.65. The summed E-state index contributed by atoms with van der Waals surface area (Å²) in [7, 11) is -7.02. The van der Waals surface area contributed by atoms with Crippen LogP contribution in [0.15, 0.2) is 4.34 Å². The standard InChI is InChI=1S/C7H13N5O4S3/c1-18(13,14)11-2-4-12(5-3-11)19(15,16)7-10-9-6(8)17-7/h2-5H2,1H3,(H2,8,9). The van der Waals surface area contributed by atoms with Crippen LogP contribution in [0.1, 0.15) is 0 Å². The molecule has 0 aliphatic carbocycles. The second kappa shape index (κ2) is 4.94. The fraction of sp³-hybridized carbons (Fsp3) is 0.714. The fourth-order valence-corrected chi connectivity index (χ4v) is 4.85. The van der Waals surface area contributed by atoms with Crippen LogP contribution < -0.4 is 5.73 Å². The summed E-state index contributed by atoms with van der Waals surface area (Å²) in [6, 6.07) is 0. The van der Waals surface area contributed by atoms with Crippen LogP contribution in [-0.4, -0.2) is 68.1 Å². The van der Waals surface area contributed by atoms with Crippen LogP contribution in [-0.2, 0) is 20.0 Å². The molecule has 1 fully saturated rings. The van der Waals surface area contributed by atoms with Gasteiger partial charge in [0.15, 0.2) is 0 Å². The van der Waals surface area contributed by atoms with Crippen LogP contribution in [0, 0.1) is 0 Å². The summed E-state index contributed by atoms with van der Waals surface area (Å²) in [5, 5.41) is 7.06. The summed E-state index contributed by atoms with van der Waals surface area (Å²) in [6.07, 6.45) is 1.10. The molecule has 0 atom stereocenters. The number of nitrogens with zero attached hydrogens (tertiary/aromatic N) is 4. The number of hydrogen-bond donors (Lipinski definition) is 1. The van der Waals surface area contributed by atoms with Gasteiger partial charge in [0.05, 0.1) is 6.26 Å². The topological polar surface area (TPSA) is 127 Å². The summed E-state index contributed by atoms with van der Waals surface area (Å²) in [4.78, 5) is 0. The van der Waals surface area contributed by atoms with Crippen LogP contribution in [0.4, 0.5) is 5.13 Å². The Hall–Kier alpha value is -0.820. The zero-order valence-electron chi connectivity index (χ0n) is 10.1. The quantitative estimate of drug-likeness (QED) is 0.707. The Balaban J connectivity index is 2.14. The van der Waals surface area contributed by atoms with Gasteiger partial charge in [-0.25, -0.2) is 16.8 Å². The lowest BCUT2D eigenvalue weighted by Gasteiger charge is -2.31. The van der Waals surface area contributed by atoms with Crippen molar-refractivity contribution in [1.82, 2.24) is 18.8 Å². The van der Waals surface area contributed by atoms with Crippen molar-refractivity contribution in [2.45, 2.75) is 4.34 Å². The highest BCUT2D eigenvalue weighted by molar-refractivity contribution is 7.91. The maximum Gasteiger partial charge on any atom is 0.272 e. The van der Waals surface area contributed by atoms with E-state index in [1.54, 1.807) is 0 Å². The molecule has 2 N–H and O–H groups in total. The van der Waals surface area contributed by atoms with Gasteiger partial charge in [-0.05, 0) is 0 Å². The first-order chi connectivity index (χ1) is 8.71. The Kier molecular flexibility index (Phi) is 3.79. The molecule has 12 heteroatoms. The average molecular weight is 327 g/mol. The molecule has 2 heterocycles. The minimum Gasteiger partial charge on any atom is -0.374 e. The number of nitrogens with two attached hydrogens (primary N) is 1. The van der Waals surface area contributed by atoms with Crippen LogP contribution in [0.3, 0.4) is 0 Å². The Morgan fingerprint density at radius 2 is 1.58 bits per heavy atom. The van der Waals surface area contributed by atoms with Gasteiger partial charge in [0.2, 0.25) is 19.5 Å². The third kappa shape index (κ3) is 3.02. The third-order valence-corrected chi connectivity index (χ3v) is 6.95. The van der Waals surface area contributed by atoms with Crippen molar-refractivity contribution in [2.75, 3.05) is 38.2 Å². The second-order valence-electron chi connectivity index (χ2n) is 3.97. The molecule has 0 bridgehead atoms. The first-order valence-corrected chi connectivity index (χ1v) is 9.36. The monoisotopic (exact) mass is 327 g/mol. The van der Waals surface area contributed by atoms with E-state index in [0.29, 0.717) is 0 Å². The molecule has 1 saturated heterocycles. The van der Waals surface area contributed by atoms with Crippen LogP contribution in [0.25, 0.3) is 0 Å². The normalized spacial score (nSPS) is 19.6. The molecular formula is C7H13N5O4S3. The van der Waals surface area contributed by atoms with Gasteiger partial charge in [-0.2, -0.15) is 8.61 Å². The molecule has 1 aromatic heterocycles. The summed E-state index contributed by atoms with van der Waals surface area (Å²) >= 11 is 0.789. The van der Waals surface area contributed by atoms with Crippen molar-refractivity contribution >= 4 is 36.5 Å². The van der Waals surface area contributed by atoms with Gasteiger partial charge < -0.3 is 5.73 Å². The van der Waals surface area contributed by atoms with Gasteiger partial charge in [0.25, 0.3) is 10.0 Å². The van der Waals surface area contributed by atoms with Gasteiger partial charge in [-0.3, -0.25) is 0 Å². The van der Waals surface area contributed by atoms with Crippen molar-refractivity contribution < 1.29 is 16.8 Å². The molecule has 2 rings (SSSR count). The molecule has 19 heavy (non-hydrogen) atoms. The van der Waals surface area contributed by atoms with E-state index < -0.39 is 20.0 Å². The first-order valence-electron chi connectivity index (χ1n) is 5.25. The van der Waals surface area contributed by atoms with Crippen LogP contribution in [0.5, 0.6) is 0 Å². The Bertz CT molecular complexity index is 659. The summed E-state index contributed by atoms with van der Waals surface area (Å²) in [5.74, 6) is 0. The zero-order valence-corrected chi connectivity index (χ0v) is 12.5. The molecule has 1 aromatic rings. The molecular weight excluding hydrogens is 314 g/mol. The van der Waals surface area contributed by atoms with Gasteiger partial charge in [0, 0.05) is 26.2 Å². The molecule has 0 saturated carbocycles. The van der Waals surface area contributed by atoms with Crippen LogP contribution >= 0.6 is 11.3 Å². The van der Waals surface area contributed by atoms with E-state index in [9.17, 15) is 16.8 Å². The number of aromatic nitrogens is 2. The molecule has 0 radical (unpaired) electrons. The minimum atomic E-state index is -3.73. The highest BCUT2D eigenvalue weighted by Gasteiger charge is 2.33. The lowest BCUT2D eigenvalue weighted by molar-refractivity contribution is 0.274. The summed E-state index contributed by atoms with van der Waals surface area (Å²) in [5.41, 5.74) is 5.36. The Morgan fingerprint density at radius 1 is 1.05 bits per heavy atom. The van der Waals surface area contributed by atoms with Gasteiger partial charge in [-0.1, -0.05) is 11.3 Å². The van der Waals surface area contributed by atoms with Gasteiger partial charge in [0.1, 0.15) is 0 Å². The van der Waals surface area contributed by atoms with E-state index in [-0.39, 0.29) is 35.7 Å². The molecule has 0 aromatic carbocycles. The van der Waals surface area contributed by atoms with Crippen molar-refractivity contribution in [3.8, 4) is 0 Å². The maximum absolute atomic E-state index is 12.2. The number of nitrogen functional groups attached to an aromatic ring is 1. The smallest absolute Gasteiger partial charge is 0.272 e. The number of rotatable bonds is 3. The molecule has 9 nitrogen and oxygen atoms in total. The average Bonchev–Trinajstić information content (AvgIpc) is 2.76. The number of piperazine rings is 1. The van der Waals surface area contributed by atoms with E-state index in [4.69, 9.17) is 5.73 Å². The highest BCUT2D eigenvalue weighted by atomic mass is 32.2. The first kappa shape index (κ1) is 14.6. The molecule has 0 spiro atoms. The van der Waals surface area contributed by atoms with E-state index in [0.717, 1.165) is 17.6 Å². The largest absolute Gasteiger partial charge is 0.374 e. The van der Waals surface area contributed by atoms with E-state index in [2.05, 4.69) is 10.2 Å². The summed E-state index contributed by atoms with van der Waals surface area (Å²) < 4.78 is 49.3. The lowest BCUT2D eigenvalue weighted by atomic mass is 10.4. The number of hydrogen-bond acceptors (Lipinski definition) is 8. The SMILES string of the molecule is CS(=O)(=O)N1CCN(S(=O)(=O)c2nnc(N)s2)CC1. The maximum atomic E-state index is 12.2. The minimum absolute atomic E-state index is 0.0772. The molecule has 0 amide bonds.